The van der Waals surface area contributed by atoms with E-state index in [0.29, 0.717) is 18.3 Å². The molecular weight excluding hydrogens is 247 g/mol. The summed E-state index contributed by atoms with van der Waals surface area (Å²) in [7, 11) is 2.03. The average molecular weight is 264 g/mol. The molecule has 0 radical (unpaired) electrons. The lowest BCUT2D eigenvalue weighted by Gasteiger charge is -2.24. The molecule has 1 aromatic carbocycles. The molecule has 96 valence electrons. The summed E-state index contributed by atoms with van der Waals surface area (Å²) in [6.07, 6.45) is 0. The topological polar surface area (TPSA) is 29.3 Å². The lowest BCUT2D eigenvalue weighted by Crippen LogP contribution is -2.21. The van der Waals surface area contributed by atoms with E-state index in [9.17, 15) is 4.39 Å². The largest absolute Gasteiger partial charge is 0.399 e. The van der Waals surface area contributed by atoms with Crippen LogP contribution in [0.25, 0.3) is 0 Å². The molecule has 0 bridgehead atoms. The number of halogens is 1. The zero-order chi connectivity index (χ0) is 13.1. The minimum Gasteiger partial charge on any atom is -0.399 e. The number of benzene rings is 1. The van der Waals surface area contributed by atoms with Gasteiger partial charge in [-0.05, 0) is 49.2 Å². The first-order valence-electron chi connectivity index (χ1n) is 5.85. The Hall–Kier alpha value is -1.39. The van der Waals surface area contributed by atoms with Crippen LogP contribution in [0.4, 0.5) is 10.1 Å². The third-order valence-electron chi connectivity index (χ3n) is 3.03. The molecule has 2 N–H and O–H groups in total. The van der Waals surface area contributed by atoms with E-state index >= 15 is 0 Å². The van der Waals surface area contributed by atoms with Crippen molar-refractivity contribution in [1.29, 1.82) is 0 Å². The van der Waals surface area contributed by atoms with Gasteiger partial charge in [-0.15, -0.1) is 11.3 Å². The van der Waals surface area contributed by atoms with Gasteiger partial charge >= 0.3 is 0 Å². The summed E-state index contributed by atoms with van der Waals surface area (Å²) < 4.78 is 13.3. The maximum absolute atomic E-state index is 13.3. The molecule has 0 saturated heterocycles. The predicted molar refractivity (Wildman–Crippen MR) is 75.0 cm³/mol. The Balaban J connectivity index is 2.09. The highest BCUT2D eigenvalue weighted by molar-refractivity contribution is 7.10. The molecule has 0 aliphatic carbocycles. The van der Waals surface area contributed by atoms with Crippen LogP contribution in [0.5, 0.6) is 0 Å². The third kappa shape index (κ3) is 3.09. The molecule has 0 saturated carbocycles. The molecule has 0 aliphatic rings. The molecule has 2 rings (SSSR count). The van der Waals surface area contributed by atoms with Crippen LogP contribution < -0.4 is 5.73 Å². The second-order valence-electron chi connectivity index (χ2n) is 4.50. The van der Waals surface area contributed by atoms with Crippen LogP contribution in [0.2, 0.25) is 0 Å². The molecule has 2 nitrogen and oxygen atoms in total. The van der Waals surface area contributed by atoms with Gasteiger partial charge in [0.05, 0.1) is 0 Å². The van der Waals surface area contributed by atoms with Gasteiger partial charge in [-0.25, -0.2) is 4.39 Å². The third-order valence-corrected chi connectivity index (χ3v) is 4.07. The van der Waals surface area contributed by atoms with Gasteiger partial charge in [-0.2, -0.15) is 0 Å². The van der Waals surface area contributed by atoms with Crippen LogP contribution in [0.3, 0.4) is 0 Å². The number of thiophene rings is 1. The lowest BCUT2D eigenvalue weighted by molar-refractivity contribution is 0.256. The molecule has 1 unspecified atom stereocenters. The molecular formula is C14H17FN2S. The van der Waals surface area contributed by atoms with Gasteiger partial charge in [0, 0.05) is 23.2 Å². The van der Waals surface area contributed by atoms with Gasteiger partial charge in [0.2, 0.25) is 0 Å². The second-order valence-corrected chi connectivity index (χ2v) is 5.48. The van der Waals surface area contributed by atoms with Crippen molar-refractivity contribution < 1.29 is 4.39 Å². The van der Waals surface area contributed by atoms with Gasteiger partial charge in [-0.1, -0.05) is 6.07 Å². The maximum Gasteiger partial charge on any atom is 0.125 e. The Bertz CT molecular complexity index is 490. The molecule has 0 spiro atoms. The first-order valence-corrected chi connectivity index (χ1v) is 6.73. The van der Waals surface area contributed by atoms with E-state index in [1.807, 2.05) is 19.2 Å². The van der Waals surface area contributed by atoms with Crippen molar-refractivity contribution in [2.24, 2.45) is 0 Å². The Kier molecular flexibility index (Phi) is 3.99. The summed E-state index contributed by atoms with van der Waals surface area (Å²) in [4.78, 5) is 3.49. The molecule has 1 atom stereocenters. The molecule has 1 heterocycles. The van der Waals surface area contributed by atoms with E-state index in [0.717, 1.165) is 5.56 Å². The molecule has 18 heavy (non-hydrogen) atoms. The van der Waals surface area contributed by atoms with Crippen LogP contribution in [0.1, 0.15) is 23.4 Å². The predicted octanol–water partition coefficient (Wildman–Crippen LogP) is 3.66. The number of nitrogens with two attached hydrogens (primary N) is 1. The number of rotatable bonds is 4. The Morgan fingerprint density at radius 2 is 2.17 bits per heavy atom. The van der Waals surface area contributed by atoms with Crippen molar-refractivity contribution >= 4 is 17.0 Å². The summed E-state index contributed by atoms with van der Waals surface area (Å²) in [5, 5.41) is 2.07. The fourth-order valence-electron chi connectivity index (χ4n) is 1.94. The van der Waals surface area contributed by atoms with Crippen molar-refractivity contribution in [2.75, 3.05) is 12.8 Å². The number of hydrogen-bond donors (Lipinski definition) is 1. The molecule has 0 aliphatic heterocycles. The van der Waals surface area contributed by atoms with E-state index in [4.69, 9.17) is 5.73 Å². The first kappa shape index (κ1) is 13.1. The van der Waals surface area contributed by atoms with Gasteiger partial charge < -0.3 is 5.73 Å². The van der Waals surface area contributed by atoms with Crippen molar-refractivity contribution in [1.82, 2.24) is 4.90 Å². The standard InChI is InChI=1S/C14H17FN2S/c1-10(14-4-3-5-18-14)17(2)9-11-6-12(15)8-13(16)7-11/h3-8,10H,9,16H2,1-2H3. The quantitative estimate of drug-likeness (QED) is 0.854. The normalized spacial score (nSPS) is 12.9. The smallest absolute Gasteiger partial charge is 0.125 e. The van der Waals surface area contributed by atoms with E-state index in [1.54, 1.807) is 11.3 Å². The minimum atomic E-state index is -0.276. The minimum absolute atomic E-state index is 0.276. The SMILES string of the molecule is CC(c1cccs1)N(C)Cc1cc(N)cc(F)c1. The van der Waals surface area contributed by atoms with Crippen LogP contribution in [0.15, 0.2) is 35.7 Å². The second kappa shape index (κ2) is 5.50. The Morgan fingerprint density at radius 1 is 1.39 bits per heavy atom. The van der Waals surface area contributed by atoms with Crippen LogP contribution in [-0.4, -0.2) is 11.9 Å². The first-order chi connectivity index (χ1) is 8.56. The summed E-state index contributed by atoms with van der Waals surface area (Å²) in [6, 6.07) is 9.17. The van der Waals surface area contributed by atoms with Crippen molar-refractivity contribution in [3.05, 3.63) is 52.0 Å². The van der Waals surface area contributed by atoms with Gasteiger partial charge in [0.15, 0.2) is 0 Å². The fraction of sp³-hybridized carbons (Fsp3) is 0.286. The lowest BCUT2D eigenvalue weighted by atomic mass is 10.1. The van der Waals surface area contributed by atoms with E-state index in [-0.39, 0.29) is 5.82 Å². The van der Waals surface area contributed by atoms with E-state index in [2.05, 4.69) is 23.3 Å². The molecule has 2 aromatic rings. The summed E-state index contributed by atoms with van der Waals surface area (Å²) >= 11 is 1.74. The van der Waals surface area contributed by atoms with Crippen LogP contribution in [0, 0.1) is 5.82 Å². The van der Waals surface area contributed by atoms with E-state index < -0.39 is 0 Å². The van der Waals surface area contributed by atoms with Gasteiger partial charge in [0.25, 0.3) is 0 Å². The van der Waals surface area contributed by atoms with Crippen LogP contribution in [-0.2, 0) is 6.54 Å². The highest BCUT2D eigenvalue weighted by Crippen LogP contribution is 2.25. The Labute approximate surface area is 111 Å². The van der Waals surface area contributed by atoms with E-state index in [1.165, 1.54) is 17.0 Å². The molecule has 4 heteroatoms. The summed E-state index contributed by atoms with van der Waals surface area (Å²) in [5.74, 6) is -0.276. The van der Waals surface area contributed by atoms with Gasteiger partial charge in [-0.3, -0.25) is 4.90 Å². The highest BCUT2D eigenvalue weighted by Gasteiger charge is 2.13. The van der Waals surface area contributed by atoms with Crippen molar-refractivity contribution in [2.45, 2.75) is 19.5 Å². The number of hydrogen-bond acceptors (Lipinski definition) is 3. The number of nitrogen functional groups attached to an aromatic ring is 1. The van der Waals surface area contributed by atoms with Gasteiger partial charge in [0.1, 0.15) is 5.82 Å². The number of nitrogens with zero attached hydrogens (tertiary/aromatic N) is 1. The van der Waals surface area contributed by atoms with Crippen molar-refractivity contribution in [3.8, 4) is 0 Å². The number of anilines is 1. The average Bonchev–Trinajstić information content (AvgIpc) is 2.79. The molecule has 1 aromatic heterocycles. The highest BCUT2D eigenvalue weighted by atomic mass is 32.1. The Morgan fingerprint density at radius 3 is 2.78 bits per heavy atom. The monoisotopic (exact) mass is 264 g/mol. The zero-order valence-electron chi connectivity index (χ0n) is 10.6. The zero-order valence-corrected chi connectivity index (χ0v) is 11.4. The summed E-state index contributed by atoms with van der Waals surface area (Å²) in [6.45, 7) is 2.83. The van der Waals surface area contributed by atoms with Crippen LogP contribution >= 0.6 is 11.3 Å². The summed E-state index contributed by atoms with van der Waals surface area (Å²) in [5.41, 5.74) is 7.02. The fourth-order valence-corrected chi connectivity index (χ4v) is 2.79. The molecule has 0 amide bonds. The molecule has 0 fully saturated rings. The maximum atomic E-state index is 13.3. The van der Waals surface area contributed by atoms with Crippen molar-refractivity contribution in [3.63, 3.8) is 0 Å².